The number of rotatable bonds is 4. The Kier molecular flexibility index (Phi) is 6.54. The van der Waals surface area contributed by atoms with Crippen LogP contribution in [0, 0.1) is 28.9 Å². The van der Waals surface area contributed by atoms with Gasteiger partial charge in [-0.1, -0.05) is 18.2 Å². The Morgan fingerprint density at radius 1 is 1.14 bits per heavy atom. The van der Waals surface area contributed by atoms with Crippen molar-refractivity contribution in [2.24, 2.45) is 11.8 Å². The molecule has 0 spiro atoms. The molecule has 35 heavy (non-hydrogen) atoms. The second-order valence-electron chi connectivity index (χ2n) is 9.14. The molecule has 2 aliphatic heterocycles. The first-order valence-electron chi connectivity index (χ1n) is 11.2. The smallest absolute Gasteiger partial charge is 0.341 e. The second-order valence-corrected chi connectivity index (χ2v) is 9.14. The van der Waals surface area contributed by atoms with Crippen molar-refractivity contribution < 1.29 is 27.7 Å². The maximum absolute atomic E-state index is 13.4. The number of hydrogen-bond acceptors (Lipinski definition) is 5. The Hall–Kier alpha value is -3.47. The highest BCUT2D eigenvalue weighted by molar-refractivity contribution is 5.93. The molecule has 4 rings (SSSR count). The molecule has 2 aliphatic rings. The molecule has 0 radical (unpaired) electrons. The zero-order chi connectivity index (χ0) is 25.5. The highest BCUT2D eigenvalue weighted by atomic mass is 19.4. The van der Waals surface area contributed by atoms with Crippen LogP contribution in [0.1, 0.15) is 36.1 Å². The van der Waals surface area contributed by atoms with Crippen LogP contribution >= 0.6 is 0 Å². The molecule has 1 unspecified atom stereocenters. The summed E-state index contributed by atoms with van der Waals surface area (Å²) in [6.45, 7) is 3.79. The Morgan fingerprint density at radius 3 is 2.43 bits per heavy atom. The number of nitrogens with zero attached hydrogens (tertiary/aromatic N) is 2. The number of benzene rings is 2. The van der Waals surface area contributed by atoms with E-state index in [-0.39, 0.29) is 34.8 Å². The van der Waals surface area contributed by atoms with Crippen LogP contribution in [0.2, 0.25) is 0 Å². The summed E-state index contributed by atoms with van der Waals surface area (Å²) in [4.78, 5) is 37.5. The van der Waals surface area contributed by atoms with Crippen molar-refractivity contribution in [2.75, 3.05) is 18.4 Å². The van der Waals surface area contributed by atoms with Crippen molar-refractivity contribution >= 4 is 23.2 Å². The van der Waals surface area contributed by atoms with E-state index in [9.17, 15) is 32.9 Å². The number of likely N-dealkylation sites (tertiary alicyclic amines) is 1. The molecule has 8 nitrogen and oxygen atoms in total. The fourth-order valence-corrected chi connectivity index (χ4v) is 5.00. The number of fused-ring (bicyclic) bond motifs is 1. The number of amides is 2. The fourth-order valence-electron chi connectivity index (χ4n) is 5.00. The van der Waals surface area contributed by atoms with Crippen molar-refractivity contribution in [1.29, 1.82) is 0 Å². The second kappa shape index (κ2) is 9.29. The van der Waals surface area contributed by atoms with E-state index in [1.165, 1.54) is 38.1 Å². The van der Waals surface area contributed by atoms with Gasteiger partial charge in [-0.3, -0.25) is 19.7 Å². The number of halogens is 3. The summed E-state index contributed by atoms with van der Waals surface area (Å²) in [6, 6.07) is 8.90. The number of carbonyl (C=O) groups excluding carboxylic acids is 2. The first kappa shape index (κ1) is 24.6. The van der Waals surface area contributed by atoms with E-state index in [2.05, 4.69) is 10.6 Å². The summed E-state index contributed by atoms with van der Waals surface area (Å²) in [6.07, 6.45) is -4.14. The lowest BCUT2D eigenvalue weighted by Gasteiger charge is -2.38. The van der Waals surface area contributed by atoms with Gasteiger partial charge in [0.25, 0.3) is 5.69 Å². The van der Waals surface area contributed by atoms with E-state index >= 15 is 0 Å². The van der Waals surface area contributed by atoms with Crippen LogP contribution in [-0.4, -0.2) is 40.8 Å². The summed E-state index contributed by atoms with van der Waals surface area (Å²) in [5.74, 6) is -1.21. The summed E-state index contributed by atoms with van der Waals surface area (Å²) in [5.41, 5.74) is -0.176. The van der Waals surface area contributed by atoms with Gasteiger partial charge in [0, 0.05) is 49.9 Å². The number of piperidine rings is 1. The Labute approximate surface area is 199 Å². The lowest BCUT2D eigenvalue weighted by atomic mass is 9.78. The van der Waals surface area contributed by atoms with Crippen LogP contribution in [0.4, 0.5) is 24.5 Å². The lowest BCUT2D eigenvalue weighted by molar-refractivity contribution is -0.384. The van der Waals surface area contributed by atoms with Crippen molar-refractivity contribution in [1.82, 2.24) is 10.2 Å². The molecule has 4 atom stereocenters. The molecule has 11 heteroatoms. The van der Waals surface area contributed by atoms with Gasteiger partial charge in [0.2, 0.25) is 11.8 Å². The monoisotopic (exact) mass is 490 g/mol. The molecule has 2 fully saturated rings. The van der Waals surface area contributed by atoms with Gasteiger partial charge in [0.05, 0.1) is 16.4 Å². The van der Waals surface area contributed by atoms with Gasteiger partial charge < -0.3 is 15.5 Å². The summed E-state index contributed by atoms with van der Waals surface area (Å²) < 4.78 is 40.0. The van der Waals surface area contributed by atoms with Crippen molar-refractivity contribution in [3.63, 3.8) is 0 Å². The Bertz CT molecular complexity index is 1150. The Balaban J connectivity index is 1.62. The highest BCUT2D eigenvalue weighted by Gasteiger charge is 2.45. The largest absolute Gasteiger partial charge is 0.416 e. The topological polar surface area (TPSA) is 105 Å². The van der Waals surface area contributed by atoms with Gasteiger partial charge in [-0.05, 0) is 42.5 Å². The minimum absolute atomic E-state index is 0.00676. The predicted molar refractivity (Wildman–Crippen MR) is 121 cm³/mol. The van der Waals surface area contributed by atoms with Crippen LogP contribution in [0.3, 0.4) is 0 Å². The van der Waals surface area contributed by atoms with Gasteiger partial charge >= 0.3 is 6.18 Å². The molecule has 0 saturated carbocycles. The molecule has 2 heterocycles. The molecular weight excluding hydrogens is 465 g/mol. The highest BCUT2D eigenvalue weighted by Crippen LogP contribution is 2.39. The molecule has 0 bridgehead atoms. The number of anilines is 1. The van der Waals surface area contributed by atoms with Gasteiger partial charge in [-0.15, -0.1) is 0 Å². The third kappa shape index (κ3) is 5.14. The number of alkyl halides is 3. The molecule has 186 valence electrons. The number of carbonyl (C=O) groups is 2. The van der Waals surface area contributed by atoms with Gasteiger partial charge in [-0.25, -0.2) is 0 Å². The Morgan fingerprint density at radius 2 is 1.83 bits per heavy atom. The SMILES string of the molecule is CC(=O)N1CC2C[C@H](C(=O)Nc3ccc(C)c(C(F)(F)F)c3)[C@H](c3ccc([N+](=O)[O-])cc3)N[C@@H]2C1. The molecular formula is C24H25F3N4O4. The first-order valence-corrected chi connectivity index (χ1v) is 11.2. The number of aryl methyl sites for hydroxylation is 1. The molecule has 2 saturated heterocycles. The average molecular weight is 490 g/mol. The van der Waals surface area contributed by atoms with Crippen molar-refractivity contribution in [2.45, 2.75) is 38.5 Å². The molecule has 2 N–H and O–H groups in total. The van der Waals surface area contributed by atoms with Crippen LogP contribution in [-0.2, 0) is 15.8 Å². The predicted octanol–water partition coefficient (Wildman–Crippen LogP) is 4.06. The molecule has 0 aliphatic carbocycles. The van der Waals surface area contributed by atoms with E-state index in [1.807, 2.05) is 0 Å². The van der Waals surface area contributed by atoms with Gasteiger partial charge in [-0.2, -0.15) is 13.2 Å². The van der Waals surface area contributed by atoms with E-state index < -0.39 is 34.5 Å². The van der Waals surface area contributed by atoms with Crippen LogP contribution in [0.5, 0.6) is 0 Å². The van der Waals surface area contributed by atoms with Gasteiger partial charge in [0.1, 0.15) is 0 Å². The van der Waals surface area contributed by atoms with E-state index in [0.29, 0.717) is 25.1 Å². The lowest BCUT2D eigenvalue weighted by Crippen LogP contribution is -2.50. The minimum atomic E-state index is -4.55. The quantitative estimate of drug-likeness (QED) is 0.497. The fraction of sp³-hybridized carbons (Fsp3) is 0.417. The number of non-ortho nitro benzene ring substituents is 1. The van der Waals surface area contributed by atoms with E-state index in [0.717, 1.165) is 6.07 Å². The summed E-state index contributed by atoms with van der Waals surface area (Å²) in [5, 5.41) is 17.1. The first-order chi connectivity index (χ1) is 16.4. The zero-order valence-electron chi connectivity index (χ0n) is 19.1. The zero-order valence-corrected chi connectivity index (χ0v) is 19.1. The van der Waals surface area contributed by atoms with E-state index in [1.54, 1.807) is 17.0 Å². The molecule has 2 amide bonds. The number of hydrogen-bond donors (Lipinski definition) is 2. The standard InChI is InChI=1S/C24H25F3N4O4/c1-13-3-6-17(10-20(13)24(25,26)27)28-23(33)19-9-16-11-30(14(2)32)12-21(16)29-22(19)15-4-7-18(8-5-15)31(34)35/h3-8,10,16,19,21-22,29H,9,11-12H2,1-2H3,(H,28,33)/t16?,19-,21+,22-/m0/s1. The van der Waals surface area contributed by atoms with E-state index in [4.69, 9.17) is 0 Å². The molecule has 2 aromatic carbocycles. The van der Waals surface area contributed by atoms with Crippen LogP contribution in [0.15, 0.2) is 42.5 Å². The van der Waals surface area contributed by atoms with Crippen LogP contribution in [0.25, 0.3) is 0 Å². The van der Waals surface area contributed by atoms with Gasteiger partial charge in [0.15, 0.2) is 0 Å². The van der Waals surface area contributed by atoms with Crippen molar-refractivity contribution in [3.05, 3.63) is 69.3 Å². The molecule has 2 aromatic rings. The molecule has 0 aromatic heterocycles. The normalized spacial score (nSPS) is 24.1. The van der Waals surface area contributed by atoms with Crippen molar-refractivity contribution in [3.8, 4) is 0 Å². The number of nitro benzene ring substituents is 1. The third-order valence-corrected chi connectivity index (χ3v) is 6.85. The summed E-state index contributed by atoms with van der Waals surface area (Å²) >= 11 is 0. The minimum Gasteiger partial charge on any atom is -0.341 e. The maximum Gasteiger partial charge on any atom is 0.416 e. The summed E-state index contributed by atoms with van der Waals surface area (Å²) in [7, 11) is 0. The number of nitrogens with one attached hydrogen (secondary N) is 2. The van der Waals surface area contributed by atoms with Crippen LogP contribution < -0.4 is 10.6 Å². The third-order valence-electron chi connectivity index (χ3n) is 6.85. The number of nitro groups is 1. The average Bonchev–Trinajstić information content (AvgIpc) is 3.22. The maximum atomic E-state index is 13.4.